The van der Waals surface area contributed by atoms with E-state index in [1.165, 1.54) is 97.4 Å². The van der Waals surface area contributed by atoms with Gasteiger partial charge in [0.05, 0.1) is 33.6 Å². The van der Waals surface area contributed by atoms with Gasteiger partial charge in [0.25, 0.3) is 0 Å². The number of pyridine rings is 3. The molecule has 0 unspecified atom stereocenters. The maximum atomic E-state index is 6.92. The molecule has 0 aliphatic heterocycles. The van der Waals surface area contributed by atoms with Gasteiger partial charge in [0.1, 0.15) is 33.5 Å². The fourth-order valence-corrected chi connectivity index (χ4v) is 21.8. The smallest absolute Gasteiger partial charge is 0.144 e. The zero-order valence-corrected chi connectivity index (χ0v) is 72.1. The van der Waals surface area contributed by atoms with Crippen molar-refractivity contribution in [3.63, 3.8) is 0 Å². The Labute approximate surface area is 762 Å². The van der Waals surface area contributed by atoms with Crippen LogP contribution in [0.1, 0.15) is 0 Å². The average molecular weight is 1700 g/mol. The molecule has 0 radical (unpaired) electrons. The van der Waals surface area contributed by atoms with E-state index in [0.717, 1.165) is 176 Å². The van der Waals surface area contributed by atoms with Gasteiger partial charge in [-0.2, -0.15) is 0 Å². The molecule has 0 aliphatic carbocycles. The second-order valence-electron chi connectivity index (χ2n) is 34.0. The standard InChI is InChI=1S/C45H27NO.C43H27NO.C37H21NOS/c1-3-14-28(15-4-1)40-30-18-7-9-20-32(30)41(33-21-10-8-19-31(33)40)35-23-13-25-39-42(35)37-27-26-36-43(45(37)47-39)34-22-11-12-24-38(34)46-44(36)29-16-5-2-6-17-29;1-4-13-28(14-5-1)31-25-32(29-15-6-2-7-16-29)27-33(26-31)34-20-12-22-39-40(34)37-24-23-36-41(43(37)45-39)35-19-10-11-21-38(35)44-42(36)30-17-8-3-9-18-30;1-2-9-22(10-3-1)36-28-19-20-29-34-24(23-17-18-26-25-11-5-7-16-32(25)40-33(26)21-23)13-8-15-31(34)39-37(29)35(28)27-12-4-6-14-30(27)38-36/h1-27H;1-27H;1-21H. The van der Waals surface area contributed by atoms with Crippen molar-refractivity contribution in [1.29, 1.82) is 0 Å². The molecule has 0 N–H and O–H groups in total. The van der Waals surface area contributed by atoms with Crippen LogP contribution in [-0.4, -0.2) is 15.0 Å². The van der Waals surface area contributed by atoms with Crippen LogP contribution in [0.5, 0.6) is 0 Å². The monoisotopic (exact) mass is 1700 g/mol. The number of benzene rings is 21. The molecule has 0 saturated carbocycles. The normalized spacial score (nSPS) is 11.8. The van der Waals surface area contributed by atoms with Crippen molar-refractivity contribution in [1.82, 2.24) is 15.0 Å². The SMILES string of the molecule is c1ccc(-c2c3ccccc3c(-c3cccc4oc5c(ccc6c(-c7ccccc7)nc7ccccc7c65)c34)c3ccccc23)cc1.c1ccc(-c2cc(-c3ccccc3)cc(-c3cccc4oc5c(ccc6c(-c7ccccc7)nc7ccccc7c65)c34)c2)cc1.c1ccc(-c2nc3ccccc3c3c2ccc2c3oc3cccc(-c4ccc5c(c4)sc4ccccc45)c32)cc1. The Morgan fingerprint density at radius 2 is 0.455 bits per heavy atom. The number of rotatable bonds is 9. The van der Waals surface area contributed by atoms with Crippen LogP contribution in [0.25, 0.3) is 273 Å². The van der Waals surface area contributed by atoms with E-state index in [-0.39, 0.29) is 0 Å². The molecule has 614 valence electrons. The van der Waals surface area contributed by atoms with Crippen LogP contribution in [0, 0.1) is 0 Å². The molecule has 28 aromatic rings. The van der Waals surface area contributed by atoms with Gasteiger partial charge in [0, 0.05) is 118 Å². The Kier molecular flexibility index (Phi) is 18.1. The van der Waals surface area contributed by atoms with Crippen molar-refractivity contribution in [3.8, 4) is 101 Å². The van der Waals surface area contributed by atoms with E-state index in [1.807, 2.05) is 29.5 Å². The summed E-state index contributed by atoms with van der Waals surface area (Å²) in [5, 5.41) is 24.2. The van der Waals surface area contributed by atoms with E-state index in [2.05, 4.69) is 437 Å². The molecule has 0 aliphatic rings. The minimum absolute atomic E-state index is 0.878. The number of aromatic nitrogens is 3. The third kappa shape index (κ3) is 12.6. The third-order valence-corrected chi connectivity index (χ3v) is 27.7. The summed E-state index contributed by atoms with van der Waals surface area (Å²) >= 11 is 1.85. The van der Waals surface area contributed by atoms with Gasteiger partial charge >= 0.3 is 0 Å². The average Bonchev–Trinajstić information content (AvgIpc) is 1.51. The van der Waals surface area contributed by atoms with Crippen LogP contribution in [0.4, 0.5) is 0 Å². The van der Waals surface area contributed by atoms with E-state index in [4.69, 9.17) is 28.2 Å². The quantitative estimate of drug-likeness (QED) is 0.106. The highest BCUT2D eigenvalue weighted by molar-refractivity contribution is 7.25. The lowest BCUT2D eigenvalue weighted by atomic mass is 9.85. The maximum absolute atomic E-state index is 6.92. The zero-order valence-electron chi connectivity index (χ0n) is 71.3. The molecule has 0 spiro atoms. The van der Waals surface area contributed by atoms with Crippen molar-refractivity contribution in [2.45, 2.75) is 0 Å². The van der Waals surface area contributed by atoms with Crippen molar-refractivity contribution in [3.05, 3.63) is 455 Å². The molecule has 132 heavy (non-hydrogen) atoms. The number of thiophene rings is 1. The largest absolute Gasteiger partial charge is 0.455 e. The Balaban J connectivity index is 0.000000104. The van der Waals surface area contributed by atoms with Crippen LogP contribution in [0.2, 0.25) is 0 Å². The highest BCUT2D eigenvalue weighted by Crippen LogP contribution is 2.52. The lowest BCUT2D eigenvalue weighted by molar-refractivity contribution is 0.672. The second-order valence-corrected chi connectivity index (χ2v) is 35.1. The molecule has 21 aromatic carbocycles. The molecule has 0 bridgehead atoms. The molecule has 7 heteroatoms. The fraction of sp³-hybridized carbons (Fsp3) is 0. The molecule has 0 fully saturated rings. The van der Waals surface area contributed by atoms with Crippen LogP contribution in [-0.2, 0) is 0 Å². The first-order valence-corrected chi connectivity index (χ1v) is 45.7. The van der Waals surface area contributed by atoms with Crippen LogP contribution < -0.4 is 0 Å². The number of furan rings is 3. The van der Waals surface area contributed by atoms with Crippen LogP contribution in [0.15, 0.2) is 468 Å². The van der Waals surface area contributed by atoms with Gasteiger partial charge < -0.3 is 13.3 Å². The number of hydrogen-bond donors (Lipinski definition) is 0. The van der Waals surface area contributed by atoms with Gasteiger partial charge in [0.2, 0.25) is 0 Å². The van der Waals surface area contributed by atoms with Crippen LogP contribution in [0.3, 0.4) is 0 Å². The zero-order chi connectivity index (χ0) is 86.9. The lowest BCUT2D eigenvalue weighted by Crippen LogP contribution is -1.91. The van der Waals surface area contributed by atoms with Gasteiger partial charge in [-0.25, -0.2) is 15.0 Å². The summed E-state index contributed by atoms with van der Waals surface area (Å²) in [4.78, 5) is 15.4. The van der Waals surface area contributed by atoms with Crippen molar-refractivity contribution >= 4 is 184 Å². The predicted octanol–water partition coefficient (Wildman–Crippen LogP) is 35.5. The fourth-order valence-electron chi connectivity index (χ4n) is 20.7. The first-order valence-electron chi connectivity index (χ1n) is 44.8. The topological polar surface area (TPSA) is 78.1 Å². The van der Waals surface area contributed by atoms with Gasteiger partial charge in [0.15, 0.2) is 0 Å². The molecule has 0 atom stereocenters. The molecular weight excluding hydrogens is 1620 g/mol. The van der Waals surface area contributed by atoms with Crippen molar-refractivity contribution in [2.24, 2.45) is 0 Å². The highest BCUT2D eigenvalue weighted by Gasteiger charge is 2.27. The molecule has 6 nitrogen and oxygen atoms in total. The van der Waals surface area contributed by atoms with E-state index >= 15 is 0 Å². The summed E-state index contributed by atoms with van der Waals surface area (Å²) < 4.78 is 23.1. The summed E-state index contributed by atoms with van der Waals surface area (Å²) in [6.45, 7) is 0. The van der Waals surface area contributed by atoms with E-state index < -0.39 is 0 Å². The van der Waals surface area contributed by atoms with Gasteiger partial charge in [-0.05, 0) is 173 Å². The van der Waals surface area contributed by atoms with Crippen molar-refractivity contribution in [2.75, 3.05) is 0 Å². The molecule has 7 aromatic heterocycles. The van der Waals surface area contributed by atoms with Crippen molar-refractivity contribution < 1.29 is 13.3 Å². The predicted molar refractivity (Wildman–Crippen MR) is 556 cm³/mol. The first kappa shape index (κ1) is 76.0. The van der Waals surface area contributed by atoms with Crippen LogP contribution >= 0.6 is 11.3 Å². The van der Waals surface area contributed by atoms with E-state index in [9.17, 15) is 0 Å². The number of fused-ring (bicyclic) bond motifs is 26. The number of para-hydroxylation sites is 3. The van der Waals surface area contributed by atoms with Gasteiger partial charge in [-0.3, -0.25) is 0 Å². The number of hydrogen-bond acceptors (Lipinski definition) is 7. The first-order chi connectivity index (χ1) is 65.5. The summed E-state index contributed by atoms with van der Waals surface area (Å²) in [5.41, 5.74) is 28.8. The minimum atomic E-state index is 0.878. The van der Waals surface area contributed by atoms with Gasteiger partial charge in [-0.15, -0.1) is 11.3 Å². The summed E-state index contributed by atoms with van der Waals surface area (Å²) in [5.74, 6) is 0. The second kappa shape index (κ2) is 31.4. The molecule has 0 saturated heterocycles. The summed E-state index contributed by atoms with van der Waals surface area (Å²) in [7, 11) is 0. The Morgan fingerprint density at radius 1 is 0.159 bits per heavy atom. The molecular formula is C125H75N3O3S. The Hall–Kier alpha value is -17.2. The summed E-state index contributed by atoms with van der Waals surface area (Å²) in [6, 6.07) is 161. The minimum Gasteiger partial charge on any atom is -0.455 e. The molecule has 0 amide bonds. The summed E-state index contributed by atoms with van der Waals surface area (Å²) in [6.07, 6.45) is 0. The van der Waals surface area contributed by atoms with Gasteiger partial charge in [-0.1, -0.05) is 370 Å². The van der Waals surface area contributed by atoms with E-state index in [0.29, 0.717) is 0 Å². The highest BCUT2D eigenvalue weighted by atomic mass is 32.1. The Bertz CT molecular complexity index is 9400. The third-order valence-electron chi connectivity index (χ3n) is 26.5. The van der Waals surface area contributed by atoms with E-state index in [1.54, 1.807) is 0 Å². The maximum Gasteiger partial charge on any atom is 0.144 e. The lowest BCUT2D eigenvalue weighted by Gasteiger charge is -2.18. The molecule has 7 heterocycles. The molecule has 28 rings (SSSR count). The Morgan fingerprint density at radius 3 is 0.864 bits per heavy atom. The number of nitrogens with zero attached hydrogens (tertiary/aromatic N) is 3.